The van der Waals surface area contributed by atoms with E-state index in [0.717, 1.165) is 68.5 Å². The zero-order valence-electron chi connectivity index (χ0n) is 22.8. The van der Waals surface area contributed by atoms with Gasteiger partial charge in [0.15, 0.2) is 10.3 Å². The number of aryl methyl sites for hydroxylation is 1. The minimum absolute atomic E-state index is 0.136. The molecular formula is C27H38N6O3S2. The second-order valence-corrected chi connectivity index (χ2v) is 13.3. The van der Waals surface area contributed by atoms with Crippen LogP contribution in [0.15, 0.2) is 6.07 Å². The smallest absolute Gasteiger partial charge is 0.308 e. The molecule has 2 aliphatic rings. The first-order valence-corrected chi connectivity index (χ1v) is 15.2. The Hall–Kier alpha value is -2.50. The zero-order valence-corrected chi connectivity index (χ0v) is 24.4. The van der Waals surface area contributed by atoms with Gasteiger partial charge in [-0.3, -0.25) is 14.5 Å². The van der Waals surface area contributed by atoms with Crippen LogP contribution in [0.3, 0.4) is 0 Å². The fraction of sp³-hybridized carbons (Fsp3) is 0.630. The monoisotopic (exact) mass is 558 g/mol. The Morgan fingerprint density at radius 1 is 1.00 bits per heavy atom. The fourth-order valence-corrected chi connectivity index (χ4v) is 7.34. The number of ether oxygens (including phenoxy) is 1. The number of hydrogen-bond donors (Lipinski definition) is 2. The van der Waals surface area contributed by atoms with Crippen LogP contribution in [0.2, 0.25) is 0 Å². The Morgan fingerprint density at radius 3 is 2.21 bits per heavy atom. The number of benzene rings is 1. The van der Waals surface area contributed by atoms with Gasteiger partial charge in [0, 0.05) is 44.3 Å². The molecule has 0 radical (unpaired) electrons. The molecule has 3 aromatic rings. The summed E-state index contributed by atoms with van der Waals surface area (Å²) in [7, 11) is 0. The average Bonchev–Trinajstić information content (AvgIpc) is 3.62. The van der Waals surface area contributed by atoms with Gasteiger partial charge in [0.25, 0.3) is 0 Å². The number of nitrogens with one attached hydrogen (secondary N) is 2. The molecule has 1 aliphatic heterocycles. The van der Waals surface area contributed by atoms with Gasteiger partial charge in [0.2, 0.25) is 5.91 Å². The number of carbonyl (C=O) groups is 2. The summed E-state index contributed by atoms with van der Waals surface area (Å²) in [4.78, 5) is 38.9. The molecule has 2 N–H and O–H groups in total. The fourth-order valence-electron chi connectivity index (χ4n) is 5.31. The van der Waals surface area contributed by atoms with Gasteiger partial charge in [-0.2, -0.15) is 0 Å². The summed E-state index contributed by atoms with van der Waals surface area (Å²) in [5, 5.41) is 8.05. The molecular weight excluding hydrogens is 520 g/mol. The van der Waals surface area contributed by atoms with Crippen LogP contribution in [0.5, 0.6) is 0 Å². The first-order valence-electron chi connectivity index (χ1n) is 13.6. The third-order valence-corrected chi connectivity index (χ3v) is 9.12. The third-order valence-electron chi connectivity index (χ3n) is 7.20. The predicted molar refractivity (Wildman–Crippen MR) is 155 cm³/mol. The first-order chi connectivity index (χ1) is 18.2. The second kappa shape index (κ2) is 11.3. The molecule has 1 amide bonds. The van der Waals surface area contributed by atoms with E-state index < -0.39 is 5.60 Å². The van der Waals surface area contributed by atoms with Crippen molar-refractivity contribution >= 4 is 65.2 Å². The lowest BCUT2D eigenvalue weighted by Gasteiger charge is -2.38. The van der Waals surface area contributed by atoms with E-state index in [1.165, 1.54) is 25.7 Å². The molecule has 2 aromatic heterocycles. The SMILES string of the molecule is Cc1c2nc(NCCC(=O)OC(C)(C)C)sc2cc2sc(NCC(=O)N3CCN(C4CCCC4)CC3)nc12. The summed E-state index contributed by atoms with van der Waals surface area (Å²) >= 11 is 3.13. The van der Waals surface area contributed by atoms with Crippen LogP contribution < -0.4 is 10.6 Å². The van der Waals surface area contributed by atoms with Crippen LogP contribution in [-0.4, -0.2) is 82.6 Å². The number of anilines is 2. The summed E-state index contributed by atoms with van der Waals surface area (Å²) in [6, 6.07) is 2.84. The minimum atomic E-state index is -0.478. The number of amides is 1. The van der Waals surface area contributed by atoms with Gasteiger partial charge >= 0.3 is 5.97 Å². The molecule has 0 bridgehead atoms. The van der Waals surface area contributed by atoms with Crippen LogP contribution in [0.25, 0.3) is 20.4 Å². The third kappa shape index (κ3) is 6.38. The molecule has 3 heterocycles. The topological polar surface area (TPSA) is 99.7 Å². The van der Waals surface area contributed by atoms with Crippen molar-refractivity contribution in [1.29, 1.82) is 0 Å². The summed E-state index contributed by atoms with van der Waals surface area (Å²) in [6.07, 6.45) is 5.60. The van der Waals surface area contributed by atoms with Gasteiger partial charge in [-0.05, 0) is 46.6 Å². The Balaban J connectivity index is 1.15. The Morgan fingerprint density at radius 2 is 1.61 bits per heavy atom. The lowest BCUT2D eigenvalue weighted by atomic mass is 10.2. The quantitative estimate of drug-likeness (QED) is 0.378. The molecule has 2 fully saturated rings. The van der Waals surface area contributed by atoms with Gasteiger partial charge in [-0.15, -0.1) is 0 Å². The van der Waals surface area contributed by atoms with Crippen molar-refractivity contribution in [1.82, 2.24) is 19.8 Å². The summed E-state index contributed by atoms with van der Waals surface area (Å²) in [6.45, 7) is 12.0. The molecule has 9 nitrogen and oxygen atoms in total. The number of carbonyl (C=O) groups excluding carboxylic acids is 2. The largest absolute Gasteiger partial charge is 0.460 e. The molecule has 1 saturated carbocycles. The van der Waals surface area contributed by atoms with Gasteiger partial charge in [0.05, 0.1) is 33.4 Å². The van der Waals surface area contributed by atoms with Gasteiger partial charge in [0.1, 0.15) is 5.60 Å². The van der Waals surface area contributed by atoms with E-state index in [4.69, 9.17) is 14.7 Å². The maximum absolute atomic E-state index is 12.8. The van der Waals surface area contributed by atoms with Crippen LogP contribution >= 0.6 is 22.7 Å². The zero-order chi connectivity index (χ0) is 26.9. The molecule has 0 unspecified atom stereocenters. The lowest BCUT2D eigenvalue weighted by molar-refractivity contribution is -0.154. The summed E-state index contributed by atoms with van der Waals surface area (Å²) in [5.41, 5.74) is 2.37. The molecule has 1 saturated heterocycles. The summed E-state index contributed by atoms with van der Waals surface area (Å²) < 4.78 is 7.50. The van der Waals surface area contributed by atoms with Crippen molar-refractivity contribution in [3.8, 4) is 0 Å². The highest BCUT2D eigenvalue weighted by molar-refractivity contribution is 7.24. The van der Waals surface area contributed by atoms with Crippen LogP contribution in [0.4, 0.5) is 10.3 Å². The van der Waals surface area contributed by atoms with E-state index in [9.17, 15) is 9.59 Å². The Labute approximate surface area is 231 Å². The van der Waals surface area contributed by atoms with E-state index in [0.29, 0.717) is 6.54 Å². The number of rotatable bonds is 8. The highest BCUT2D eigenvalue weighted by Crippen LogP contribution is 2.37. The number of thiazole rings is 2. The number of piperazine rings is 1. The molecule has 5 rings (SSSR count). The molecule has 0 spiro atoms. The second-order valence-electron chi connectivity index (χ2n) is 11.2. The van der Waals surface area contributed by atoms with Crippen molar-refractivity contribution in [3.63, 3.8) is 0 Å². The van der Waals surface area contributed by atoms with Crippen LogP contribution in [-0.2, 0) is 14.3 Å². The van der Waals surface area contributed by atoms with E-state index in [2.05, 4.69) is 21.6 Å². The highest BCUT2D eigenvalue weighted by atomic mass is 32.1. The van der Waals surface area contributed by atoms with Gasteiger partial charge < -0.3 is 20.3 Å². The van der Waals surface area contributed by atoms with Crippen molar-refractivity contribution in [2.75, 3.05) is 49.9 Å². The number of hydrogen-bond acceptors (Lipinski definition) is 10. The highest BCUT2D eigenvalue weighted by Gasteiger charge is 2.28. The van der Waals surface area contributed by atoms with E-state index in [1.807, 2.05) is 32.6 Å². The van der Waals surface area contributed by atoms with Crippen LogP contribution in [0.1, 0.15) is 58.4 Å². The van der Waals surface area contributed by atoms with Crippen molar-refractivity contribution in [3.05, 3.63) is 11.6 Å². The van der Waals surface area contributed by atoms with E-state index in [-0.39, 0.29) is 24.8 Å². The minimum Gasteiger partial charge on any atom is -0.460 e. The predicted octanol–water partition coefficient (Wildman–Crippen LogP) is 4.86. The normalized spacial score (nSPS) is 17.4. The number of nitrogens with zero attached hydrogens (tertiary/aromatic N) is 4. The summed E-state index contributed by atoms with van der Waals surface area (Å²) in [5.74, 6) is -0.0892. The van der Waals surface area contributed by atoms with Gasteiger partial charge in [-0.25, -0.2) is 9.97 Å². The average molecular weight is 559 g/mol. The number of aromatic nitrogens is 2. The molecule has 1 aromatic carbocycles. The molecule has 38 heavy (non-hydrogen) atoms. The molecule has 0 atom stereocenters. The lowest BCUT2D eigenvalue weighted by Crippen LogP contribution is -2.52. The molecule has 1 aliphatic carbocycles. The standard InChI is InChI=1S/C27H38N6O3S2/c1-17-23-19(37-25(30-23)28-10-9-22(35)36-27(2,3)4)15-20-24(17)31-26(38-20)29-16-21(34)33-13-11-32(12-14-33)18-7-5-6-8-18/h15,18H,5-14,16H2,1-4H3,(H,28,30)(H,29,31). The van der Waals surface area contributed by atoms with Crippen molar-refractivity contribution in [2.24, 2.45) is 0 Å². The number of esters is 1. The van der Waals surface area contributed by atoms with Crippen molar-refractivity contribution < 1.29 is 14.3 Å². The van der Waals surface area contributed by atoms with Crippen LogP contribution in [0, 0.1) is 6.92 Å². The van der Waals surface area contributed by atoms with Gasteiger partial charge in [-0.1, -0.05) is 35.5 Å². The first kappa shape index (κ1) is 27.1. The molecule has 206 valence electrons. The Bertz CT molecular complexity index is 1300. The number of fused-ring (bicyclic) bond motifs is 2. The Kier molecular flexibility index (Phi) is 8.06. The van der Waals surface area contributed by atoms with E-state index in [1.54, 1.807) is 22.7 Å². The van der Waals surface area contributed by atoms with Crippen molar-refractivity contribution in [2.45, 2.75) is 71.4 Å². The maximum atomic E-state index is 12.8. The van der Waals surface area contributed by atoms with E-state index >= 15 is 0 Å². The maximum Gasteiger partial charge on any atom is 0.308 e. The molecule has 11 heteroatoms.